The van der Waals surface area contributed by atoms with E-state index in [0.29, 0.717) is 10.5 Å². The molecule has 0 fully saturated rings. The van der Waals surface area contributed by atoms with E-state index in [1.807, 2.05) is 19.1 Å². The van der Waals surface area contributed by atoms with Crippen LogP contribution in [0.4, 0.5) is 5.00 Å². The minimum atomic E-state index is -1.06. The molecule has 1 atom stereocenters. The van der Waals surface area contributed by atoms with Crippen molar-refractivity contribution in [3.05, 3.63) is 60.0 Å². The number of anilines is 1. The van der Waals surface area contributed by atoms with Crippen LogP contribution >= 0.6 is 11.3 Å². The normalized spacial score (nSPS) is 12.0. The van der Waals surface area contributed by atoms with Crippen molar-refractivity contribution in [2.45, 2.75) is 11.8 Å². The molecule has 0 aliphatic heterocycles. The highest BCUT2D eigenvalue weighted by Crippen LogP contribution is 2.34. The number of hydrogen-bond acceptors (Lipinski definition) is 5. The standard InChI is InChI=1S/C18H17N3O2S2/c1-12-18(24-16(20-12)14-5-4-10-19-11-14)21(2)17(22)13-6-8-15(9-7-13)25(3)23/h4-11H,1-3H3. The van der Waals surface area contributed by atoms with E-state index in [-0.39, 0.29) is 5.91 Å². The number of amides is 1. The number of pyridine rings is 1. The van der Waals surface area contributed by atoms with Crippen molar-refractivity contribution in [1.82, 2.24) is 9.97 Å². The zero-order valence-electron chi connectivity index (χ0n) is 14.1. The summed E-state index contributed by atoms with van der Waals surface area (Å²) in [6.07, 6.45) is 5.09. The molecule has 0 bridgehead atoms. The van der Waals surface area contributed by atoms with Gasteiger partial charge in [-0.1, -0.05) is 11.3 Å². The van der Waals surface area contributed by atoms with E-state index in [0.717, 1.165) is 21.3 Å². The summed E-state index contributed by atoms with van der Waals surface area (Å²) < 4.78 is 11.5. The highest BCUT2D eigenvalue weighted by atomic mass is 32.2. The molecule has 1 unspecified atom stereocenters. The van der Waals surface area contributed by atoms with Gasteiger partial charge in [0.25, 0.3) is 5.91 Å². The van der Waals surface area contributed by atoms with Crippen molar-refractivity contribution >= 4 is 33.0 Å². The molecule has 2 aromatic heterocycles. The number of aromatic nitrogens is 2. The molecule has 0 spiro atoms. The van der Waals surface area contributed by atoms with Crippen LogP contribution < -0.4 is 4.90 Å². The number of rotatable bonds is 4. The second-order valence-corrected chi connectivity index (χ2v) is 7.85. The average molecular weight is 371 g/mol. The van der Waals surface area contributed by atoms with Crippen molar-refractivity contribution in [2.75, 3.05) is 18.2 Å². The van der Waals surface area contributed by atoms with Crippen LogP contribution in [0.15, 0.2) is 53.7 Å². The monoisotopic (exact) mass is 371 g/mol. The Bertz CT molecular complexity index is 921. The Hall–Kier alpha value is -2.38. The number of aryl methyl sites for hydroxylation is 1. The Morgan fingerprint density at radius 2 is 1.92 bits per heavy atom. The summed E-state index contributed by atoms with van der Waals surface area (Å²) in [4.78, 5) is 23.7. The summed E-state index contributed by atoms with van der Waals surface area (Å²) in [5, 5.41) is 1.63. The first-order valence-electron chi connectivity index (χ1n) is 7.56. The number of nitrogens with zero attached hydrogens (tertiary/aromatic N) is 3. The van der Waals surface area contributed by atoms with Crippen LogP contribution in [0.3, 0.4) is 0 Å². The first-order chi connectivity index (χ1) is 12.0. The van der Waals surface area contributed by atoms with Crippen LogP contribution in [-0.2, 0) is 10.8 Å². The number of hydrogen-bond donors (Lipinski definition) is 0. The average Bonchev–Trinajstić information content (AvgIpc) is 3.03. The molecule has 1 amide bonds. The Labute approximate surface area is 152 Å². The molecule has 3 aromatic rings. The number of thiazole rings is 1. The third-order valence-electron chi connectivity index (χ3n) is 3.72. The van der Waals surface area contributed by atoms with Gasteiger partial charge in [0.2, 0.25) is 0 Å². The van der Waals surface area contributed by atoms with Crippen molar-refractivity contribution < 1.29 is 9.00 Å². The van der Waals surface area contributed by atoms with Gasteiger partial charge in [-0.15, -0.1) is 0 Å². The summed E-state index contributed by atoms with van der Waals surface area (Å²) in [6, 6.07) is 10.7. The minimum absolute atomic E-state index is 0.127. The molecule has 2 heterocycles. The SMILES string of the molecule is Cc1nc(-c2cccnc2)sc1N(C)C(=O)c1ccc(S(C)=O)cc1. The van der Waals surface area contributed by atoms with E-state index in [1.165, 1.54) is 11.3 Å². The van der Waals surface area contributed by atoms with Gasteiger partial charge in [0.05, 0.1) is 5.69 Å². The van der Waals surface area contributed by atoms with Crippen LogP contribution in [0.2, 0.25) is 0 Å². The quantitative estimate of drug-likeness (QED) is 0.704. The molecule has 1 aromatic carbocycles. The van der Waals surface area contributed by atoms with Crippen LogP contribution in [0.25, 0.3) is 10.6 Å². The third kappa shape index (κ3) is 3.67. The van der Waals surface area contributed by atoms with Crippen molar-refractivity contribution in [2.24, 2.45) is 0 Å². The second kappa shape index (κ2) is 7.25. The molecule has 128 valence electrons. The minimum Gasteiger partial charge on any atom is -0.301 e. The Morgan fingerprint density at radius 3 is 2.52 bits per heavy atom. The lowest BCUT2D eigenvalue weighted by Gasteiger charge is -2.15. The molecular weight excluding hydrogens is 354 g/mol. The van der Waals surface area contributed by atoms with Gasteiger partial charge in [-0.2, -0.15) is 0 Å². The lowest BCUT2D eigenvalue weighted by atomic mass is 10.2. The molecule has 25 heavy (non-hydrogen) atoms. The molecule has 0 aliphatic rings. The van der Waals surface area contributed by atoms with Crippen LogP contribution in [0.5, 0.6) is 0 Å². The van der Waals surface area contributed by atoms with Gasteiger partial charge in [-0.25, -0.2) is 4.98 Å². The number of carbonyl (C=O) groups excluding carboxylic acids is 1. The Balaban J connectivity index is 1.87. The van der Waals surface area contributed by atoms with Gasteiger partial charge in [0.1, 0.15) is 10.0 Å². The van der Waals surface area contributed by atoms with Crippen LogP contribution in [0.1, 0.15) is 16.1 Å². The van der Waals surface area contributed by atoms with Gasteiger partial charge >= 0.3 is 0 Å². The fraction of sp³-hybridized carbons (Fsp3) is 0.167. The topological polar surface area (TPSA) is 63.2 Å². The summed E-state index contributed by atoms with van der Waals surface area (Å²) >= 11 is 1.46. The highest BCUT2D eigenvalue weighted by Gasteiger charge is 2.19. The molecule has 0 radical (unpaired) electrons. The largest absolute Gasteiger partial charge is 0.301 e. The van der Waals surface area contributed by atoms with E-state index < -0.39 is 10.8 Å². The maximum absolute atomic E-state index is 12.7. The zero-order valence-corrected chi connectivity index (χ0v) is 15.7. The summed E-state index contributed by atoms with van der Waals surface area (Å²) in [5.74, 6) is -0.127. The first kappa shape index (κ1) is 17.4. The second-order valence-electron chi connectivity index (χ2n) is 5.49. The van der Waals surface area contributed by atoms with Gasteiger partial charge in [-0.3, -0.25) is 14.0 Å². The van der Waals surface area contributed by atoms with Crippen molar-refractivity contribution in [3.8, 4) is 10.6 Å². The van der Waals surface area contributed by atoms with Crippen molar-refractivity contribution in [3.63, 3.8) is 0 Å². The summed E-state index contributed by atoms with van der Waals surface area (Å²) in [5.41, 5.74) is 2.27. The Kier molecular flexibility index (Phi) is 5.06. The summed E-state index contributed by atoms with van der Waals surface area (Å²) in [7, 11) is 0.680. The lowest BCUT2D eigenvalue weighted by Crippen LogP contribution is -2.26. The fourth-order valence-electron chi connectivity index (χ4n) is 2.39. The number of carbonyl (C=O) groups is 1. The van der Waals surface area contributed by atoms with E-state index in [4.69, 9.17) is 0 Å². The van der Waals surface area contributed by atoms with Crippen LogP contribution in [0, 0.1) is 6.92 Å². The summed E-state index contributed by atoms with van der Waals surface area (Å²) in [6.45, 7) is 1.89. The zero-order chi connectivity index (χ0) is 18.0. The van der Waals surface area contributed by atoms with Gasteiger partial charge in [0.15, 0.2) is 0 Å². The van der Waals surface area contributed by atoms with Gasteiger partial charge < -0.3 is 4.90 Å². The number of benzene rings is 1. The highest BCUT2D eigenvalue weighted by molar-refractivity contribution is 7.84. The van der Waals surface area contributed by atoms with E-state index >= 15 is 0 Å². The molecule has 0 saturated heterocycles. The molecule has 0 N–H and O–H groups in total. The molecule has 5 nitrogen and oxygen atoms in total. The van der Waals surface area contributed by atoms with Crippen LogP contribution in [-0.4, -0.2) is 33.4 Å². The van der Waals surface area contributed by atoms with Crippen molar-refractivity contribution in [1.29, 1.82) is 0 Å². The maximum atomic E-state index is 12.7. The maximum Gasteiger partial charge on any atom is 0.258 e. The molecule has 7 heteroatoms. The smallest absolute Gasteiger partial charge is 0.258 e. The molecular formula is C18H17N3O2S2. The fourth-order valence-corrected chi connectivity index (χ4v) is 3.92. The molecule has 3 rings (SSSR count). The van der Waals surface area contributed by atoms with Gasteiger partial charge in [0, 0.05) is 52.5 Å². The predicted molar refractivity (Wildman–Crippen MR) is 102 cm³/mol. The Morgan fingerprint density at radius 1 is 1.20 bits per heavy atom. The molecule has 0 saturated carbocycles. The lowest BCUT2D eigenvalue weighted by molar-refractivity contribution is 0.0993. The molecule has 0 aliphatic carbocycles. The van der Waals surface area contributed by atoms with E-state index in [9.17, 15) is 9.00 Å². The first-order valence-corrected chi connectivity index (χ1v) is 9.94. The van der Waals surface area contributed by atoms with Gasteiger partial charge in [-0.05, 0) is 43.3 Å². The van der Waals surface area contributed by atoms with E-state index in [1.54, 1.807) is 54.9 Å². The third-order valence-corrected chi connectivity index (χ3v) is 5.94. The predicted octanol–water partition coefficient (Wildman–Crippen LogP) is 3.53. The van der Waals surface area contributed by atoms with E-state index in [2.05, 4.69) is 9.97 Å².